The highest BCUT2D eigenvalue weighted by atomic mass is 79.9. The van der Waals surface area contributed by atoms with Crippen LogP contribution in [0.1, 0.15) is 16.5 Å². The Bertz CT molecular complexity index is 736. The van der Waals surface area contributed by atoms with Gasteiger partial charge in [-0.15, -0.1) is 22.9 Å². The van der Waals surface area contributed by atoms with Crippen LogP contribution in [0.5, 0.6) is 0 Å². The van der Waals surface area contributed by atoms with E-state index in [9.17, 15) is 0 Å². The summed E-state index contributed by atoms with van der Waals surface area (Å²) in [5, 5.41) is 3.77. The van der Waals surface area contributed by atoms with Gasteiger partial charge in [-0.1, -0.05) is 41.9 Å². The third-order valence-electron chi connectivity index (χ3n) is 3.03. The Labute approximate surface area is 134 Å². The molecule has 0 saturated carbocycles. The molecular formula is C15H9BrCl2S. The van der Waals surface area contributed by atoms with Crippen molar-refractivity contribution >= 4 is 60.6 Å². The van der Waals surface area contributed by atoms with Crippen LogP contribution >= 0.6 is 50.5 Å². The van der Waals surface area contributed by atoms with E-state index in [1.165, 1.54) is 10.1 Å². The normalized spacial score (nSPS) is 12.8. The summed E-state index contributed by atoms with van der Waals surface area (Å²) in [5.74, 6) is 0. The molecule has 0 radical (unpaired) electrons. The van der Waals surface area contributed by atoms with Crippen LogP contribution in [0, 0.1) is 0 Å². The number of fused-ring (bicyclic) bond motifs is 1. The van der Waals surface area contributed by atoms with Gasteiger partial charge in [0, 0.05) is 14.2 Å². The van der Waals surface area contributed by atoms with Gasteiger partial charge in [-0.2, -0.15) is 0 Å². The second-order valence-corrected chi connectivity index (χ2v) is 6.77. The second kappa shape index (κ2) is 5.45. The zero-order chi connectivity index (χ0) is 13.4. The summed E-state index contributed by atoms with van der Waals surface area (Å²) < 4.78 is 2.32. The Morgan fingerprint density at radius 1 is 1.00 bits per heavy atom. The van der Waals surface area contributed by atoms with Gasteiger partial charge in [0.05, 0.1) is 5.38 Å². The van der Waals surface area contributed by atoms with E-state index >= 15 is 0 Å². The number of hydrogen-bond acceptors (Lipinski definition) is 1. The fraction of sp³-hybridized carbons (Fsp3) is 0.0667. The fourth-order valence-corrected chi connectivity index (χ4v) is 4.48. The molecule has 1 heterocycles. The summed E-state index contributed by atoms with van der Waals surface area (Å²) in [6.45, 7) is 0. The first-order chi connectivity index (χ1) is 9.18. The quantitative estimate of drug-likeness (QED) is 0.442. The number of alkyl halides is 1. The van der Waals surface area contributed by atoms with Gasteiger partial charge >= 0.3 is 0 Å². The smallest absolute Gasteiger partial charge is 0.0863 e. The van der Waals surface area contributed by atoms with Crippen molar-refractivity contribution in [1.29, 1.82) is 0 Å². The van der Waals surface area contributed by atoms with E-state index in [4.69, 9.17) is 23.2 Å². The lowest BCUT2D eigenvalue weighted by atomic mass is 10.0. The average Bonchev–Trinajstić information content (AvgIpc) is 2.84. The molecule has 96 valence electrons. The molecule has 0 bridgehead atoms. The molecule has 1 atom stereocenters. The number of hydrogen-bond donors (Lipinski definition) is 0. The van der Waals surface area contributed by atoms with Crippen molar-refractivity contribution in [2.45, 2.75) is 5.38 Å². The minimum absolute atomic E-state index is 0.225. The Hall–Kier alpha value is -0.540. The van der Waals surface area contributed by atoms with Gasteiger partial charge in [-0.3, -0.25) is 0 Å². The molecule has 3 rings (SSSR count). The molecule has 0 amide bonds. The van der Waals surface area contributed by atoms with Crippen molar-refractivity contribution < 1.29 is 0 Å². The lowest BCUT2D eigenvalue weighted by Crippen LogP contribution is -1.92. The SMILES string of the molecule is Clc1ccccc1C(Cl)c1csc2c(Br)cccc12. The molecule has 4 heteroatoms. The highest BCUT2D eigenvalue weighted by Gasteiger charge is 2.18. The summed E-state index contributed by atoms with van der Waals surface area (Å²) >= 11 is 18.1. The maximum absolute atomic E-state index is 6.62. The van der Waals surface area contributed by atoms with E-state index in [1.807, 2.05) is 36.4 Å². The van der Waals surface area contributed by atoms with Gasteiger partial charge in [0.25, 0.3) is 0 Å². The third kappa shape index (κ3) is 2.43. The molecule has 0 aliphatic rings. The number of thiophene rings is 1. The van der Waals surface area contributed by atoms with Crippen molar-refractivity contribution in [3.05, 3.63) is 68.5 Å². The van der Waals surface area contributed by atoms with Crippen LogP contribution in [-0.2, 0) is 0 Å². The van der Waals surface area contributed by atoms with Crippen LogP contribution in [0.15, 0.2) is 52.3 Å². The van der Waals surface area contributed by atoms with Crippen LogP contribution < -0.4 is 0 Å². The molecule has 0 spiro atoms. The first-order valence-corrected chi connectivity index (χ1v) is 8.21. The third-order valence-corrected chi connectivity index (χ3v) is 5.82. The van der Waals surface area contributed by atoms with Crippen LogP contribution in [0.3, 0.4) is 0 Å². The summed E-state index contributed by atoms with van der Waals surface area (Å²) in [6, 6.07) is 13.9. The summed E-state index contributed by atoms with van der Waals surface area (Å²) in [4.78, 5) is 0. The number of halogens is 3. The molecule has 0 N–H and O–H groups in total. The highest BCUT2D eigenvalue weighted by molar-refractivity contribution is 9.10. The summed E-state index contributed by atoms with van der Waals surface area (Å²) in [6.07, 6.45) is 0. The van der Waals surface area contributed by atoms with Crippen LogP contribution in [-0.4, -0.2) is 0 Å². The highest BCUT2D eigenvalue weighted by Crippen LogP contribution is 2.41. The molecule has 0 nitrogen and oxygen atoms in total. The number of benzene rings is 2. The van der Waals surface area contributed by atoms with Gasteiger partial charge < -0.3 is 0 Å². The topological polar surface area (TPSA) is 0 Å². The predicted molar refractivity (Wildman–Crippen MR) is 88.7 cm³/mol. The van der Waals surface area contributed by atoms with Gasteiger partial charge in [0.1, 0.15) is 0 Å². The van der Waals surface area contributed by atoms with Gasteiger partial charge in [-0.25, -0.2) is 0 Å². The average molecular weight is 372 g/mol. The molecule has 3 aromatic rings. The lowest BCUT2D eigenvalue weighted by Gasteiger charge is -2.11. The van der Waals surface area contributed by atoms with Crippen molar-refractivity contribution in [3.8, 4) is 0 Å². The predicted octanol–water partition coefficient (Wildman–Crippen LogP) is 6.65. The van der Waals surface area contributed by atoms with Crippen molar-refractivity contribution in [2.75, 3.05) is 0 Å². The molecule has 2 aromatic carbocycles. The zero-order valence-electron chi connectivity index (χ0n) is 9.74. The monoisotopic (exact) mass is 370 g/mol. The summed E-state index contributed by atoms with van der Waals surface area (Å²) in [5.41, 5.74) is 2.06. The van der Waals surface area contributed by atoms with E-state index in [2.05, 4.69) is 27.4 Å². The Kier molecular flexibility index (Phi) is 3.86. The molecular weight excluding hydrogens is 363 g/mol. The van der Waals surface area contributed by atoms with E-state index in [0.29, 0.717) is 5.02 Å². The largest absolute Gasteiger partial charge is 0.142 e. The lowest BCUT2D eigenvalue weighted by molar-refractivity contribution is 1.17. The van der Waals surface area contributed by atoms with Crippen LogP contribution in [0.4, 0.5) is 0 Å². The maximum atomic E-state index is 6.62. The van der Waals surface area contributed by atoms with E-state index in [0.717, 1.165) is 15.6 Å². The van der Waals surface area contributed by atoms with Crippen LogP contribution in [0.2, 0.25) is 5.02 Å². The molecule has 1 aromatic heterocycles. The van der Waals surface area contributed by atoms with Crippen molar-refractivity contribution in [2.24, 2.45) is 0 Å². The summed E-state index contributed by atoms with van der Waals surface area (Å²) in [7, 11) is 0. The fourth-order valence-electron chi connectivity index (χ4n) is 2.09. The molecule has 19 heavy (non-hydrogen) atoms. The van der Waals surface area contributed by atoms with Crippen molar-refractivity contribution in [3.63, 3.8) is 0 Å². The number of rotatable bonds is 2. The Balaban J connectivity index is 2.15. The molecule has 0 aliphatic heterocycles. The molecule has 0 fully saturated rings. The first-order valence-electron chi connectivity index (χ1n) is 5.72. The van der Waals surface area contributed by atoms with Gasteiger partial charge in [0.2, 0.25) is 0 Å². The van der Waals surface area contributed by atoms with Crippen molar-refractivity contribution in [1.82, 2.24) is 0 Å². The van der Waals surface area contributed by atoms with E-state index < -0.39 is 0 Å². The second-order valence-electron chi connectivity index (χ2n) is 4.19. The molecule has 1 unspecified atom stereocenters. The zero-order valence-corrected chi connectivity index (χ0v) is 13.7. The maximum Gasteiger partial charge on any atom is 0.0863 e. The molecule has 0 saturated heterocycles. The minimum Gasteiger partial charge on any atom is -0.142 e. The van der Waals surface area contributed by atoms with E-state index in [1.54, 1.807) is 11.3 Å². The van der Waals surface area contributed by atoms with Crippen LogP contribution in [0.25, 0.3) is 10.1 Å². The van der Waals surface area contributed by atoms with E-state index in [-0.39, 0.29) is 5.38 Å². The molecule has 0 aliphatic carbocycles. The Morgan fingerprint density at radius 3 is 2.58 bits per heavy atom. The van der Waals surface area contributed by atoms with Gasteiger partial charge in [-0.05, 0) is 50.0 Å². The minimum atomic E-state index is -0.225. The van der Waals surface area contributed by atoms with Gasteiger partial charge in [0.15, 0.2) is 0 Å². The standard InChI is InChI=1S/C15H9BrCl2S/c16-12-6-3-5-9-11(8-19-15(9)12)14(18)10-4-1-2-7-13(10)17/h1-8,14H. The Morgan fingerprint density at radius 2 is 1.79 bits per heavy atom. The first kappa shape index (κ1) is 13.4.